The fourth-order valence-electron chi connectivity index (χ4n) is 1.83. The van der Waals surface area contributed by atoms with Crippen LogP contribution in [0.3, 0.4) is 0 Å². The highest BCUT2D eigenvalue weighted by atomic mass is 32.1. The maximum atomic E-state index is 12.7. The molecule has 1 amide bonds. The highest BCUT2D eigenvalue weighted by molar-refractivity contribution is 7.21. The van der Waals surface area contributed by atoms with Crippen molar-refractivity contribution in [2.75, 3.05) is 14.2 Å². The Bertz CT molecular complexity index is 663. The number of nitrogens with zero attached hydrogens (tertiary/aromatic N) is 1. The van der Waals surface area contributed by atoms with Gasteiger partial charge in [-0.3, -0.25) is 9.63 Å². The maximum absolute atomic E-state index is 12.7. The number of fused-ring (bicyclic) bond motifs is 1. The van der Waals surface area contributed by atoms with Crippen LogP contribution in [0, 0.1) is 6.92 Å². The minimum Gasteiger partial charge on any atom is -0.274 e. The molecule has 7 heteroatoms. The van der Waals surface area contributed by atoms with Crippen molar-refractivity contribution in [3.63, 3.8) is 0 Å². The summed E-state index contributed by atoms with van der Waals surface area (Å²) in [5.41, 5.74) is -0.0574. The fourth-order valence-corrected chi connectivity index (χ4v) is 3.05. The van der Waals surface area contributed by atoms with E-state index in [0.717, 1.165) is 28.5 Å². The number of hydrogen-bond acceptors (Lipinski definition) is 3. The molecule has 0 saturated heterocycles. The molecule has 0 aliphatic heterocycles. The van der Waals surface area contributed by atoms with E-state index in [1.165, 1.54) is 20.2 Å². The van der Waals surface area contributed by atoms with Crippen LogP contribution in [-0.4, -0.2) is 25.1 Å². The molecule has 2 rings (SSSR count). The summed E-state index contributed by atoms with van der Waals surface area (Å²) >= 11 is 1.03. The topological polar surface area (TPSA) is 29.5 Å². The van der Waals surface area contributed by atoms with E-state index in [9.17, 15) is 18.0 Å². The third-order valence-corrected chi connectivity index (χ3v) is 4.26. The zero-order valence-electron chi connectivity index (χ0n) is 11.0. The first-order valence-electron chi connectivity index (χ1n) is 5.68. The second-order valence-corrected chi connectivity index (χ2v) is 5.30. The summed E-state index contributed by atoms with van der Waals surface area (Å²) in [6, 6.07) is 3.49. The van der Waals surface area contributed by atoms with E-state index in [2.05, 4.69) is 0 Å². The van der Waals surface area contributed by atoms with Gasteiger partial charge in [-0.2, -0.15) is 13.2 Å². The lowest BCUT2D eigenvalue weighted by Crippen LogP contribution is -2.25. The zero-order chi connectivity index (χ0) is 15.1. The van der Waals surface area contributed by atoms with Gasteiger partial charge in [-0.05, 0) is 30.0 Å². The first-order chi connectivity index (χ1) is 9.25. The van der Waals surface area contributed by atoms with Gasteiger partial charge < -0.3 is 0 Å². The predicted octanol–water partition coefficient (Wildman–Crippen LogP) is 3.86. The van der Waals surface area contributed by atoms with E-state index in [4.69, 9.17) is 4.84 Å². The van der Waals surface area contributed by atoms with Crippen LogP contribution in [0.15, 0.2) is 18.2 Å². The van der Waals surface area contributed by atoms with Gasteiger partial charge in [0.05, 0.1) is 17.6 Å². The van der Waals surface area contributed by atoms with E-state index in [1.807, 2.05) is 0 Å². The van der Waals surface area contributed by atoms with E-state index in [0.29, 0.717) is 20.5 Å². The van der Waals surface area contributed by atoms with Crippen LogP contribution in [0.5, 0.6) is 0 Å². The van der Waals surface area contributed by atoms with Crippen molar-refractivity contribution in [1.29, 1.82) is 0 Å². The minimum absolute atomic E-state index is 0.375. The van der Waals surface area contributed by atoms with Gasteiger partial charge in [0, 0.05) is 11.7 Å². The molecule has 0 bridgehead atoms. The number of benzene rings is 1. The number of hydroxylamine groups is 2. The predicted molar refractivity (Wildman–Crippen MR) is 70.7 cm³/mol. The molecule has 0 aliphatic rings. The molecular formula is C13H12F3NO2S. The fraction of sp³-hybridized carbons (Fsp3) is 0.308. The normalized spacial score (nSPS) is 11.9. The average Bonchev–Trinajstić information content (AvgIpc) is 2.73. The van der Waals surface area contributed by atoms with Crippen LogP contribution in [0.25, 0.3) is 10.1 Å². The van der Waals surface area contributed by atoms with Crippen LogP contribution in [0.2, 0.25) is 0 Å². The van der Waals surface area contributed by atoms with Crippen molar-refractivity contribution < 1.29 is 22.8 Å². The lowest BCUT2D eigenvalue weighted by molar-refractivity contribution is -0.137. The lowest BCUT2D eigenvalue weighted by atomic mass is 10.1. The Morgan fingerprint density at radius 3 is 2.55 bits per heavy atom. The number of rotatable bonds is 2. The molecule has 0 saturated carbocycles. The van der Waals surface area contributed by atoms with Gasteiger partial charge >= 0.3 is 6.18 Å². The number of alkyl halides is 3. The molecule has 0 N–H and O–H groups in total. The Kier molecular flexibility index (Phi) is 3.75. The largest absolute Gasteiger partial charge is 0.416 e. The Labute approximate surface area is 117 Å². The van der Waals surface area contributed by atoms with Crippen LogP contribution in [0.1, 0.15) is 20.8 Å². The smallest absolute Gasteiger partial charge is 0.274 e. The van der Waals surface area contributed by atoms with Crippen molar-refractivity contribution in [3.8, 4) is 0 Å². The zero-order valence-corrected chi connectivity index (χ0v) is 11.9. The van der Waals surface area contributed by atoms with Gasteiger partial charge in [-0.15, -0.1) is 11.3 Å². The van der Waals surface area contributed by atoms with Crippen LogP contribution in [-0.2, 0) is 11.0 Å². The summed E-state index contributed by atoms with van der Waals surface area (Å²) in [6.07, 6.45) is -4.39. The molecule has 1 aromatic heterocycles. The van der Waals surface area contributed by atoms with Gasteiger partial charge in [0.1, 0.15) is 0 Å². The monoisotopic (exact) mass is 303 g/mol. The van der Waals surface area contributed by atoms with Gasteiger partial charge in [0.15, 0.2) is 0 Å². The van der Waals surface area contributed by atoms with Gasteiger partial charge in [-0.25, -0.2) is 5.06 Å². The second kappa shape index (κ2) is 5.06. The number of thiophene rings is 1. The second-order valence-electron chi connectivity index (χ2n) is 4.25. The first kappa shape index (κ1) is 14.8. The molecule has 3 nitrogen and oxygen atoms in total. The highest BCUT2D eigenvalue weighted by Gasteiger charge is 2.31. The van der Waals surface area contributed by atoms with Crippen LogP contribution < -0.4 is 0 Å². The number of hydrogen-bond donors (Lipinski definition) is 0. The number of carbonyl (C=O) groups is 1. The summed E-state index contributed by atoms with van der Waals surface area (Å²) in [5.74, 6) is -0.375. The third-order valence-electron chi connectivity index (χ3n) is 3.02. The van der Waals surface area contributed by atoms with E-state index >= 15 is 0 Å². The van der Waals surface area contributed by atoms with Crippen molar-refractivity contribution >= 4 is 27.3 Å². The quantitative estimate of drug-likeness (QED) is 0.788. The number of halogens is 3. The average molecular weight is 303 g/mol. The van der Waals surface area contributed by atoms with E-state index < -0.39 is 11.7 Å². The molecule has 0 unspecified atom stereocenters. The lowest BCUT2D eigenvalue weighted by Gasteiger charge is -2.12. The molecule has 2 aromatic rings. The summed E-state index contributed by atoms with van der Waals surface area (Å²) in [7, 11) is 2.80. The molecule has 0 fully saturated rings. The molecule has 0 atom stereocenters. The molecule has 20 heavy (non-hydrogen) atoms. The summed E-state index contributed by atoms with van der Waals surface area (Å²) < 4.78 is 38.5. The molecule has 0 radical (unpaired) electrons. The summed E-state index contributed by atoms with van der Waals surface area (Å²) in [4.78, 5) is 17.2. The number of aryl methyl sites for hydroxylation is 1. The molecule has 1 heterocycles. The highest BCUT2D eigenvalue weighted by Crippen LogP contribution is 2.36. The van der Waals surface area contributed by atoms with E-state index in [1.54, 1.807) is 6.92 Å². The SMILES string of the molecule is CON(C)C(=O)c1sc2cc(C(F)(F)F)ccc2c1C. The Morgan fingerprint density at radius 1 is 1.35 bits per heavy atom. The third kappa shape index (κ3) is 2.51. The van der Waals surface area contributed by atoms with Crippen molar-refractivity contribution in [3.05, 3.63) is 34.2 Å². The molecular weight excluding hydrogens is 291 g/mol. The van der Waals surface area contributed by atoms with Crippen molar-refractivity contribution in [2.24, 2.45) is 0 Å². The molecule has 108 valence electrons. The minimum atomic E-state index is -4.39. The summed E-state index contributed by atoms with van der Waals surface area (Å²) in [5, 5.41) is 1.69. The van der Waals surface area contributed by atoms with Crippen molar-refractivity contribution in [1.82, 2.24) is 5.06 Å². The Morgan fingerprint density at radius 2 is 2.00 bits per heavy atom. The van der Waals surface area contributed by atoms with E-state index in [-0.39, 0.29) is 5.91 Å². The summed E-state index contributed by atoms with van der Waals surface area (Å²) in [6.45, 7) is 1.71. The standard InChI is InChI=1S/C13H12F3NO2S/c1-7-9-5-4-8(13(14,15)16)6-10(9)20-11(7)12(18)17(2)19-3/h4-6H,1-3H3. The Balaban J connectivity index is 2.55. The van der Waals surface area contributed by atoms with Crippen LogP contribution in [0.4, 0.5) is 13.2 Å². The van der Waals surface area contributed by atoms with Crippen LogP contribution >= 0.6 is 11.3 Å². The number of carbonyl (C=O) groups excluding carboxylic acids is 1. The van der Waals surface area contributed by atoms with Gasteiger partial charge in [-0.1, -0.05) is 6.07 Å². The first-order valence-corrected chi connectivity index (χ1v) is 6.50. The Hall–Kier alpha value is -1.60. The van der Waals surface area contributed by atoms with Crippen molar-refractivity contribution in [2.45, 2.75) is 13.1 Å². The molecule has 1 aromatic carbocycles. The molecule has 0 aliphatic carbocycles. The number of amides is 1. The van der Waals surface area contributed by atoms with Gasteiger partial charge in [0.2, 0.25) is 0 Å². The maximum Gasteiger partial charge on any atom is 0.416 e. The van der Waals surface area contributed by atoms with Gasteiger partial charge in [0.25, 0.3) is 5.91 Å². The molecule has 0 spiro atoms.